The Morgan fingerprint density at radius 2 is 1.76 bits per heavy atom. The highest BCUT2D eigenvalue weighted by Crippen LogP contribution is 2.52. The number of hydrogen-bond acceptors (Lipinski definition) is 7. The molecule has 0 spiro atoms. The van der Waals surface area contributed by atoms with Gasteiger partial charge < -0.3 is 29.2 Å². The zero-order valence-corrected chi connectivity index (χ0v) is 16.6. The average molecular weight is 399 g/mol. The third kappa shape index (κ3) is 2.75. The number of piperidine rings is 1. The molecule has 0 saturated carbocycles. The van der Waals surface area contributed by atoms with Crippen molar-refractivity contribution in [2.45, 2.75) is 37.8 Å². The second-order valence-electron chi connectivity index (χ2n) is 7.79. The smallest absolute Gasteiger partial charge is 0.231 e. The first-order chi connectivity index (χ1) is 14.1. The third-order valence-electron chi connectivity index (χ3n) is 6.33. The minimum absolute atomic E-state index is 0.0153. The molecule has 7 heteroatoms. The molecule has 3 aliphatic rings. The van der Waals surface area contributed by atoms with Gasteiger partial charge in [-0.15, -0.1) is 0 Å². The fraction of sp³-hybridized carbons (Fsp3) is 0.455. The molecule has 2 atom stereocenters. The molecule has 29 heavy (non-hydrogen) atoms. The van der Waals surface area contributed by atoms with Crippen LogP contribution in [0.15, 0.2) is 18.2 Å². The van der Waals surface area contributed by atoms with Crippen molar-refractivity contribution in [1.29, 1.82) is 0 Å². The first kappa shape index (κ1) is 18.2. The van der Waals surface area contributed by atoms with Gasteiger partial charge in [-0.2, -0.15) is 0 Å². The van der Waals surface area contributed by atoms with Crippen LogP contribution in [0.25, 0.3) is 0 Å². The van der Waals surface area contributed by atoms with Crippen molar-refractivity contribution in [2.24, 2.45) is 0 Å². The normalized spacial score (nSPS) is 22.7. The van der Waals surface area contributed by atoms with E-state index in [4.69, 9.17) is 18.9 Å². The van der Waals surface area contributed by atoms with E-state index in [1.807, 2.05) is 18.2 Å². The van der Waals surface area contributed by atoms with Gasteiger partial charge >= 0.3 is 0 Å². The maximum atomic E-state index is 10.9. The van der Waals surface area contributed by atoms with Crippen LogP contribution < -0.4 is 18.9 Å². The molecule has 154 valence electrons. The summed E-state index contributed by atoms with van der Waals surface area (Å²) >= 11 is 0. The predicted octanol–water partition coefficient (Wildman–Crippen LogP) is 3.34. The van der Waals surface area contributed by atoms with Crippen molar-refractivity contribution in [1.82, 2.24) is 4.90 Å². The Kier molecular flexibility index (Phi) is 4.35. The molecule has 2 aromatic rings. The molecule has 1 saturated heterocycles. The van der Waals surface area contributed by atoms with Gasteiger partial charge in [-0.05, 0) is 55.1 Å². The van der Waals surface area contributed by atoms with Crippen LogP contribution in [0.2, 0.25) is 0 Å². The van der Waals surface area contributed by atoms with E-state index in [0.717, 1.165) is 42.5 Å². The molecule has 1 fully saturated rings. The number of nitrogens with zero attached hydrogens (tertiary/aromatic N) is 1. The number of phenols is 2. The van der Waals surface area contributed by atoms with Crippen LogP contribution in [-0.2, 0) is 6.42 Å². The minimum Gasteiger partial charge on any atom is -0.504 e. The van der Waals surface area contributed by atoms with Gasteiger partial charge in [0.2, 0.25) is 18.3 Å². The number of rotatable bonds is 3. The summed E-state index contributed by atoms with van der Waals surface area (Å²) in [5, 5.41) is 21.3. The number of fused-ring (bicyclic) bond motifs is 3. The Morgan fingerprint density at radius 3 is 2.48 bits per heavy atom. The quantitative estimate of drug-likeness (QED) is 0.819. The number of hydrogen-bond donors (Lipinski definition) is 2. The molecule has 2 unspecified atom stereocenters. The predicted molar refractivity (Wildman–Crippen MR) is 105 cm³/mol. The first-order valence-corrected chi connectivity index (χ1v) is 9.97. The fourth-order valence-corrected chi connectivity index (χ4v) is 4.98. The molecule has 0 radical (unpaired) electrons. The Bertz CT molecular complexity index is 934. The van der Waals surface area contributed by atoms with Crippen LogP contribution in [-0.4, -0.2) is 48.7 Å². The van der Waals surface area contributed by atoms with Gasteiger partial charge in [0.05, 0.1) is 20.3 Å². The highest BCUT2D eigenvalue weighted by Gasteiger charge is 2.40. The summed E-state index contributed by atoms with van der Waals surface area (Å²) in [6, 6.07) is 5.92. The topological polar surface area (TPSA) is 80.6 Å². The minimum atomic E-state index is -0.104. The van der Waals surface area contributed by atoms with Crippen molar-refractivity contribution in [3.8, 4) is 34.5 Å². The molecule has 0 aromatic heterocycles. The van der Waals surface area contributed by atoms with Crippen LogP contribution in [0.4, 0.5) is 0 Å². The van der Waals surface area contributed by atoms with Crippen LogP contribution >= 0.6 is 0 Å². The lowest BCUT2D eigenvalue weighted by Gasteiger charge is -2.46. The molecule has 3 heterocycles. The number of benzene rings is 2. The van der Waals surface area contributed by atoms with Crippen LogP contribution in [0.3, 0.4) is 0 Å². The number of phenolic OH excluding ortho intramolecular Hbond substituents is 2. The summed E-state index contributed by atoms with van der Waals surface area (Å²) in [4.78, 5) is 2.48. The monoisotopic (exact) mass is 399 g/mol. The Hall–Kier alpha value is -2.80. The average Bonchev–Trinajstić information content (AvgIpc) is 3.22. The summed E-state index contributed by atoms with van der Waals surface area (Å²) in [6.07, 6.45) is 4.17. The van der Waals surface area contributed by atoms with E-state index < -0.39 is 0 Å². The molecule has 2 N–H and O–H groups in total. The largest absolute Gasteiger partial charge is 0.504 e. The lowest BCUT2D eigenvalue weighted by Crippen LogP contribution is -2.47. The zero-order valence-electron chi connectivity index (χ0n) is 16.6. The fourth-order valence-electron chi connectivity index (χ4n) is 4.98. The van der Waals surface area contributed by atoms with E-state index in [1.165, 1.54) is 20.6 Å². The number of aromatic hydroxyl groups is 2. The Morgan fingerprint density at radius 1 is 1.00 bits per heavy atom. The van der Waals surface area contributed by atoms with Gasteiger partial charge in [0, 0.05) is 11.6 Å². The van der Waals surface area contributed by atoms with Crippen LogP contribution in [0.1, 0.15) is 42.0 Å². The lowest BCUT2D eigenvalue weighted by molar-refractivity contribution is 0.0987. The summed E-state index contributed by atoms with van der Waals surface area (Å²) in [5.41, 5.74) is 2.86. The zero-order chi connectivity index (χ0) is 20.1. The second kappa shape index (κ2) is 6.91. The first-order valence-electron chi connectivity index (χ1n) is 9.97. The Balaban J connectivity index is 1.72. The molecule has 7 nitrogen and oxygen atoms in total. The molecule has 0 aliphatic carbocycles. The van der Waals surface area contributed by atoms with Crippen molar-refractivity contribution < 1.29 is 29.2 Å². The summed E-state index contributed by atoms with van der Waals surface area (Å²) in [6.45, 7) is 1.08. The summed E-state index contributed by atoms with van der Waals surface area (Å²) in [7, 11) is 3.06. The van der Waals surface area contributed by atoms with Crippen LogP contribution in [0.5, 0.6) is 34.5 Å². The van der Waals surface area contributed by atoms with Gasteiger partial charge in [0.15, 0.2) is 23.0 Å². The highest BCUT2D eigenvalue weighted by molar-refractivity contribution is 5.63. The van der Waals surface area contributed by atoms with Crippen molar-refractivity contribution >= 4 is 0 Å². The van der Waals surface area contributed by atoms with E-state index in [0.29, 0.717) is 29.0 Å². The highest BCUT2D eigenvalue weighted by atomic mass is 16.7. The van der Waals surface area contributed by atoms with E-state index in [1.54, 1.807) is 0 Å². The molecule has 3 aliphatic heterocycles. The maximum Gasteiger partial charge on any atom is 0.231 e. The van der Waals surface area contributed by atoms with Gasteiger partial charge in [0.25, 0.3) is 0 Å². The molecular weight excluding hydrogens is 374 g/mol. The summed E-state index contributed by atoms with van der Waals surface area (Å²) < 4.78 is 21.9. The second-order valence-corrected chi connectivity index (χ2v) is 7.79. The Labute approximate surface area is 169 Å². The van der Waals surface area contributed by atoms with E-state index in [2.05, 4.69) is 4.90 Å². The van der Waals surface area contributed by atoms with Crippen molar-refractivity contribution in [2.75, 3.05) is 27.6 Å². The lowest BCUT2D eigenvalue weighted by atomic mass is 9.80. The van der Waals surface area contributed by atoms with Gasteiger partial charge in [0.1, 0.15) is 0 Å². The van der Waals surface area contributed by atoms with Crippen molar-refractivity contribution in [3.63, 3.8) is 0 Å². The van der Waals surface area contributed by atoms with Gasteiger partial charge in [-0.25, -0.2) is 0 Å². The molecule has 2 aromatic carbocycles. The van der Waals surface area contributed by atoms with E-state index >= 15 is 0 Å². The molecule has 0 bridgehead atoms. The third-order valence-corrected chi connectivity index (χ3v) is 6.33. The molecular formula is C22H25NO6. The molecule has 0 amide bonds. The summed E-state index contributed by atoms with van der Waals surface area (Å²) in [5.74, 6) is 1.91. The SMILES string of the molecule is COc1cc(C2c3cc4c(c(O)c3CC3CCCCN32)OCO4)cc(OC)c1O. The van der Waals surface area contributed by atoms with Gasteiger partial charge in [-0.3, -0.25) is 4.90 Å². The maximum absolute atomic E-state index is 10.9. The number of methoxy groups -OCH3 is 2. The standard InChI is InChI=1S/C22H25NO6/c1-26-16-7-12(8-17(27-2)21(16)25)19-14-10-18-22(29-11-28-18)20(24)15(14)9-13-5-3-4-6-23(13)19/h7-8,10,13,19,24-25H,3-6,9,11H2,1-2H3. The van der Waals surface area contributed by atoms with Gasteiger partial charge in [-0.1, -0.05) is 6.42 Å². The van der Waals surface area contributed by atoms with E-state index in [9.17, 15) is 10.2 Å². The van der Waals surface area contributed by atoms with E-state index in [-0.39, 0.29) is 24.3 Å². The van der Waals surface area contributed by atoms with Crippen LogP contribution in [0, 0.1) is 0 Å². The number of ether oxygens (including phenoxy) is 4. The molecule has 5 rings (SSSR count). The van der Waals surface area contributed by atoms with Crippen molar-refractivity contribution in [3.05, 3.63) is 34.9 Å².